The first-order chi connectivity index (χ1) is 9.49. The standard InChI is InChI=1S/C14H15BrO4S/c15-11-5-3-10(4-6-11)13(17)8-12(16)9-20-7-1-2-14(18)19/h3-6H,1-2,7-9H2,(H,18,19). The van der Waals surface area contributed by atoms with Crippen molar-refractivity contribution < 1.29 is 19.5 Å². The van der Waals surface area contributed by atoms with Crippen LogP contribution in [0.2, 0.25) is 0 Å². The summed E-state index contributed by atoms with van der Waals surface area (Å²) in [5.41, 5.74) is 0.525. The summed E-state index contributed by atoms with van der Waals surface area (Å²) in [5.74, 6) is -0.277. The van der Waals surface area contributed by atoms with E-state index in [1.54, 1.807) is 24.3 Å². The van der Waals surface area contributed by atoms with E-state index in [0.29, 0.717) is 17.7 Å². The zero-order valence-corrected chi connectivity index (χ0v) is 13.2. The molecule has 1 rings (SSSR count). The molecule has 0 aliphatic heterocycles. The predicted octanol–water partition coefficient (Wildman–Crippen LogP) is 3.19. The van der Waals surface area contributed by atoms with Crippen molar-refractivity contribution in [2.45, 2.75) is 19.3 Å². The summed E-state index contributed by atoms with van der Waals surface area (Å²) in [7, 11) is 0. The Hall–Kier alpha value is -1.14. The Morgan fingerprint density at radius 2 is 1.80 bits per heavy atom. The van der Waals surface area contributed by atoms with Crippen LogP contribution in [-0.4, -0.2) is 34.1 Å². The molecule has 0 aromatic heterocycles. The van der Waals surface area contributed by atoms with Crippen LogP contribution in [0.3, 0.4) is 0 Å². The number of Topliss-reactive ketones (excluding diaryl/α,β-unsaturated/α-hetero) is 2. The third kappa shape index (κ3) is 6.86. The molecule has 20 heavy (non-hydrogen) atoms. The number of hydrogen-bond acceptors (Lipinski definition) is 4. The van der Waals surface area contributed by atoms with Gasteiger partial charge in [-0.1, -0.05) is 28.1 Å². The predicted molar refractivity (Wildman–Crippen MR) is 82.3 cm³/mol. The van der Waals surface area contributed by atoms with E-state index < -0.39 is 5.97 Å². The third-order valence-corrected chi connectivity index (χ3v) is 4.10. The van der Waals surface area contributed by atoms with Crippen molar-refractivity contribution in [3.63, 3.8) is 0 Å². The highest BCUT2D eigenvalue weighted by molar-refractivity contribution is 9.10. The first kappa shape index (κ1) is 16.9. The molecule has 0 atom stereocenters. The van der Waals surface area contributed by atoms with Crippen molar-refractivity contribution in [3.05, 3.63) is 34.3 Å². The van der Waals surface area contributed by atoms with Gasteiger partial charge >= 0.3 is 5.97 Å². The summed E-state index contributed by atoms with van der Waals surface area (Å²) in [6.45, 7) is 0. The number of carbonyl (C=O) groups is 3. The van der Waals surface area contributed by atoms with Gasteiger partial charge in [-0.15, -0.1) is 0 Å². The van der Waals surface area contributed by atoms with Crippen molar-refractivity contribution in [1.29, 1.82) is 0 Å². The smallest absolute Gasteiger partial charge is 0.303 e. The van der Waals surface area contributed by atoms with Gasteiger partial charge in [0.15, 0.2) is 5.78 Å². The molecular weight excluding hydrogens is 344 g/mol. The highest BCUT2D eigenvalue weighted by Gasteiger charge is 2.11. The normalized spacial score (nSPS) is 10.2. The van der Waals surface area contributed by atoms with Crippen LogP contribution in [0.5, 0.6) is 0 Å². The summed E-state index contributed by atoms with van der Waals surface area (Å²) < 4.78 is 0.884. The fourth-order valence-corrected chi connectivity index (χ4v) is 2.57. The zero-order valence-electron chi connectivity index (χ0n) is 10.8. The number of aliphatic carboxylic acids is 1. The van der Waals surface area contributed by atoms with Crippen LogP contribution in [0.15, 0.2) is 28.7 Å². The van der Waals surface area contributed by atoms with Crippen LogP contribution in [0.25, 0.3) is 0 Å². The summed E-state index contributed by atoms with van der Waals surface area (Å²) in [5, 5.41) is 8.46. The number of rotatable bonds is 9. The van der Waals surface area contributed by atoms with E-state index in [4.69, 9.17) is 5.11 Å². The number of benzene rings is 1. The topological polar surface area (TPSA) is 71.4 Å². The van der Waals surface area contributed by atoms with Crippen LogP contribution < -0.4 is 0 Å². The molecule has 0 amide bonds. The van der Waals surface area contributed by atoms with E-state index in [9.17, 15) is 14.4 Å². The van der Waals surface area contributed by atoms with Gasteiger partial charge in [0.05, 0.1) is 12.2 Å². The monoisotopic (exact) mass is 358 g/mol. The maximum Gasteiger partial charge on any atom is 0.303 e. The van der Waals surface area contributed by atoms with Crippen LogP contribution >= 0.6 is 27.7 Å². The number of carboxylic acid groups (broad SMARTS) is 1. The minimum absolute atomic E-state index is 0.104. The Morgan fingerprint density at radius 3 is 2.40 bits per heavy atom. The molecule has 0 aliphatic rings. The summed E-state index contributed by atoms with van der Waals surface area (Å²) >= 11 is 4.65. The molecule has 0 unspecified atom stereocenters. The van der Waals surface area contributed by atoms with E-state index in [0.717, 1.165) is 4.47 Å². The molecule has 1 aromatic rings. The first-order valence-electron chi connectivity index (χ1n) is 6.09. The van der Waals surface area contributed by atoms with Gasteiger partial charge in [0.2, 0.25) is 0 Å². The number of carbonyl (C=O) groups excluding carboxylic acids is 2. The molecule has 0 spiro atoms. The second-order valence-corrected chi connectivity index (χ2v) is 6.22. The molecule has 0 saturated heterocycles. The van der Waals surface area contributed by atoms with E-state index in [-0.39, 0.29) is 30.2 Å². The van der Waals surface area contributed by atoms with Crippen LogP contribution in [0.1, 0.15) is 29.6 Å². The molecule has 0 radical (unpaired) electrons. The van der Waals surface area contributed by atoms with E-state index in [2.05, 4.69) is 15.9 Å². The Kier molecular flexibility index (Phi) is 7.54. The van der Waals surface area contributed by atoms with Gasteiger partial charge in [-0.3, -0.25) is 14.4 Å². The second kappa shape index (κ2) is 8.92. The van der Waals surface area contributed by atoms with Crippen molar-refractivity contribution in [2.24, 2.45) is 0 Å². The number of hydrogen-bond donors (Lipinski definition) is 1. The van der Waals surface area contributed by atoms with Crippen molar-refractivity contribution in [2.75, 3.05) is 11.5 Å². The molecule has 6 heteroatoms. The van der Waals surface area contributed by atoms with Crippen LogP contribution in [0.4, 0.5) is 0 Å². The minimum Gasteiger partial charge on any atom is -0.481 e. The number of thioether (sulfide) groups is 1. The maximum atomic E-state index is 11.8. The molecule has 1 N–H and O–H groups in total. The largest absolute Gasteiger partial charge is 0.481 e. The lowest BCUT2D eigenvalue weighted by atomic mass is 10.1. The van der Waals surface area contributed by atoms with Gasteiger partial charge in [0.25, 0.3) is 0 Å². The van der Waals surface area contributed by atoms with Gasteiger partial charge in [-0.2, -0.15) is 11.8 Å². The summed E-state index contributed by atoms with van der Waals surface area (Å²) in [6.07, 6.45) is 0.542. The Morgan fingerprint density at radius 1 is 1.15 bits per heavy atom. The molecular formula is C14H15BrO4S. The molecule has 4 nitrogen and oxygen atoms in total. The lowest BCUT2D eigenvalue weighted by molar-refractivity contribution is -0.137. The molecule has 1 aromatic carbocycles. The Labute approximate surface area is 130 Å². The number of carboxylic acids is 1. The van der Waals surface area contributed by atoms with Gasteiger partial charge in [-0.05, 0) is 24.3 Å². The highest BCUT2D eigenvalue weighted by Crippen LogP contribution is 2.13. The highest BCUT2D eigenvalue weighted by atomic mass is 79.9. The van der Waals surface area contributed by atoms with E-state index in [1.807, 2.05) is 0 Å². The molecule has 0 fully saturated rings. The van der Waals surface area contributed by atoms with Gasteiger partial charge < -0.3 is 5.11 Å². The second-order valence-electron chi connectivity index (χ2n) is 4.20. The fraction of sp³-hybridized carbons (Fsp3) is 0.357. The van der Waals surface area contributed by atoms with Crippen molar-refractivity contribution in [1.82, 2.24) is 0 Å². The summed E-state index contributed by atoms with van der Waals surface area (Å²) in [6, 6.07) is 6.89. The molecule has 0 aliphatic carbocycles. The Balaban J connectivity index is 2.26. The van der Waals surface area contributed by atoms with Crippen LogP contribution in [-0.2, 0) is 9.59 Å². The maximum absolute atomic E-state index is 11.8. The fourth-order valence-electron chi connectivity index (χ4n) is 1.48. The quantitative estimate of drug-likeness (QED) is 0.417. The zero-order chi connectivity index (χ0) is 15.0. The molecule has 0 saturated carbocycles. The average molecular weight is 359 g/mol. The Bertz CT molecular complexity index is 484. The SMILES string of the molecule is O=C(O)CCCSCC(=O)CC(=O)c1ccc(Br)cc1. The van der Waals surface area contributed by atoms with Gasteiger partial charge in [0, 0.05) is 16.5 Å². The lowest BCUT2D eigenvalue weighted by Crippen LogP contribution is -2.10. The number of ketones is 2. The van der Waals surface area contributed by atoms with Crippen LogP contribution in [0, 0.1) is 0 Å². The van der Waals surface area contributed by atoms with E-state index >= 15 is 0 Å². The molecule has 108 valence electrons. The average Bonchev–Trinajstić information content (AvgIpc) is 2.38. The minimum atomic E-state index is -0.831. The number of halogens is 1. The molecule has 0 heterocycles. The van der Waals surface area contributed by atoms with E-state index in [1.165, 1.54) is 11.8 Å². The summed E-state index contributed by atoms with van der Waals surface area (Å²) in [4.78, 5) is 33.7. The van der Waals surface area contributed by atoms with Crippen molar-refractivity contribution >= 4 is 45.2 Å². The lowest BCUT2D eigenvalue weighted by Gasteiger charge is -2.02. The van der Waals surface area contributed by atoms with Gasteiger partial charge in [-0.25, -0.2) is 0 Å². The molecule has 0 bridgehead atoms. The third-order valence-electron chi connectivity index (χ3n) is 2.47. The first-order valence-corrected chi connectivity index (χ1v) is 8.04. The van der Waals surface area contributed by atoms with Gasteiger partial charge in [0.1, 0.15) is 5.78 Å². The van der Waals surface area contributed by atoms with Crippen molar-refractivity contribution in [3.8, 4) is 0 Å².